The summed E-state index contributed by atoms with van der Waals surface area (Å²) in [6.45, 7) is 3.73. The Morgan fingerprint density at radius 2 is 1.95 bits per heavy atom. The van der Waals surface area contributed by atoms with E-state index in [1.807, 2.05) is 37.5 Å². The van der Waals surface area contributed by atoms with Crippen molar-refractivity contribution in [1.29, 1.82) is 0 Å². The van der Waals surface area contributed by atoms with Crippen LogP contribution in [0.1, 0.15) is 27.2 Å². The molecule has 0 unspecified atom stereocenters. The molecule has 0 radical (unpaired) electrons. The molecule has 98 valence electrons. The molecule has 0 aliphatic rings. The molecule has 2 rings (SSSR count). The fourth-order valence-electron chi connectivity index (χ4n) is 2.00. The number of hydrogen-bond acceptors (Lipinski definition) is 4. The summed E-state index contributed by atoms with van der Waals surface area (Å²) in [5.74, 6) is -0.246. The number of nitrogens with one attached hydrogen (secondary N) is 1. The third-order valence-corrected chi connectivity index (χ3v) is 3.10. The monoisotopic (exact) mass is 276 g/mol. The molecule has 4 nitrogen and oxygen atoms in total. The van der Waals surface area contributed by atoms with E-state index in [1.54, 1.807) is 0 Å². The van der Waals surface area contributed by atoms with Crippen molar-refractivity contribution in [3.63, 3.8) is 0 Å². The van der Waals surface area contributed by atoms with Gasteiger partial charge in [0.15, 0.2) is 0 Å². The molecule has 1 aromatic heterocycles. The zero-order valence-corrected chi connectivity index (χ0v) is 11.3. The minimum Gasteiger partial charge on any atom is -0.291 e. The lowest BCUT2D eigenvalue weighted by Crippen LogP contribution is -2.11. The zero-order chi connectivity index (χ0) is 14.0. The summed E-state index contributed by atoms with van der Waals surface area (Å²) >= 11 is 5.78. The van der Waals surface area contributed by atoms with Crippen LogP contribution in [0.5, 0.6) is 0 Å². The number of anilines is 1. The van der Waals surface area contributed by atoms with Crippen molar-refractivity contribution >= 4 is 23.1 Å². The molecule has 0 aliphatic carbocycles. The number of carbonyl (C=O) groups excluding carboxylic acids is 1. The predicted molar refractivity (Wildman–Crippen MR) is 74.0 cm³/mol. The fourth-order valence-corrected chi connectivity index (χ4v) is 2.15. The molecule has 0 saturated heterocycles. The highest BCUT2D eigenvalue weighted by Crippen LogP contribution is 2.23. The van der Waals surface area contributed by atoms with E-state index in [1.165, 1.54) is 12.3 Å². The Morgan fingerprint density at radius 1 is 1.32 bits per heavy atom. The second kappa shape index (κ2) is 5.38. The van der Waals surface area contributed by atoms with E-state index in [4.69, 9.17) is 16.8 Å². The van der Waals surface area contributed by atoms with E-state index in [-0.39, 0.29) is 17.2 Å². The second-order valence-electron chi connectivity index (χ2n) is 4.26. The highest BCUT2D eigenvalue weighted by Gasteiger charge is 2.19. The van der Waals surface area contributed by atoms with E-state index in [0.29, 0.717) is 10.6 Å². The van der Waals surface area contributed by atoms with Gasteiger partial charge in [-0.3, -0.25) is 15.5 Å². The first kappa shape index (κ1) is 13.5. The summed E-state index contributed by atoms with van der Waals surface area (Å²) in [5.41, 5.74) is 4.62. The van der Waals surface area contributed by atoms with Crippen LogP contribution in [0.4, 0.5) is 5.69 Å². The molecule has 2 N–H and O–H groups in total. The third kappa shape index (κ3) is 2.59. The molecule has 0 amide bonds. The average Bonchev–Trinajstić information content (AvgIpc) is 2.38. The van der Waals surface area contributed by atoms with Gasteiger partial charge in [-0.25, -0.2) is 4.98 Å². The number of hydrogen-bond donors (Lipinski definition) is 2. The predicted octanol–water partition coefficient (Wildman–Crippen LogP) is 3.38. The Kier molecular flexibility index (Phi) is 3.83. The van der Waals surface area contributed by atoms with Gasteiger partial charge in [-0.05, 0) is 31.0 Å². The number of ketones is 1. The van der Waals surface area contributed by atoms with Gasteiger partial charge in [-0.15, -0.1) is 0 Å². The largest absolute Gasteiger partial charge is 0.291 e. The molecule has 0 saturated carbocycles. The van der Waals surface area contributed by atoms with Gasteiger partial charge in [0.2, 0.25) is 5.78 Å². The number of aryl methyl sites for hydroxylation is 2. The summed E-state index contributed by atoms with van der Waals surface area (Å²) in [6, 6.07) is 7.07. The van der Waals surface area contributed by atoms with Gasteiger partial charge in [0.1, 0.15) is 5.69 Å². The normalized spacial score (nSPS) is 10.3. The SMILES string of the molecule is Cc1cccc(C)c1C(=O)c1ncc(Cl)cc1NO. The summed E-state index contributed by atoms with van der Waals surface area (Å²) < 4.78 is 0. The van der Waals surface area contributed by atoms with E-state index in [0.717, 1.165) is 11.1 Å². The maximum Gasteiger partial charge on any atom is 0.214 e. The number of benzene rings is 1. The summed E-state index contributed by atoms with van der Waals surface area (Å²) in [6.07, 6.45) is 1.38. The molecule has 2 aromatic rings. The molecule has 19 heavy (non-hydrogen) atoms. The van der Waals surface area contributed by atoms with Crippen LogP contribution >= 0.6 is 11.6 Å². The summed E-state index contributed by atoms with van der Waals surface area (Å²) in [7, 11) is 0. The Balaban J connectivity index is 2.56. The third-order valence-electron chi connectivity index (χ3n) is 2.90. The van der Waals surface area contributed by atoms with Gasteiger partial charge in [-0.1, -0.05) is 29.8 Å². The second-order valence-corrected chi connectivity index (χ2v) is 4.69. The van der Waals surface area contributed by atoms with E-state index in [2.05, 4.69) is 4.98 Å². The average molecular weight is 277 g/mol. The van der Waals surface area contributed by atoms with Gasteiger partial charge in [0.25, 0.3) is 0 Å². The molecule has 0 aliphatic heterocycles. The lowest BCUT2D eigenvalue weighted by Gasteiger charge is -2.11. The number of rotatable bonds is 3. The molecule has 5 heteroatoms. The minimum absolute atomic E-state index is 0.143. The molecule has 0 bridgehead atoms. The molecule has 0 atom stereocenters. The van der Waals surface area contributed by atoms with Crippen molar-refractivity contribution in [3.8, 4) is 0 Å². The van der Waals surface area contributed by atoms with E-state index in [9.17, 15) is 4.79 Å². The van der Waals surface area contributed by atoms with Crippen LogP contribution in [-0.2, 0) is 0 Å². The first-order chi connectivity index (χ1) is 9.04. The molecular formula is C14H13ClN2O2. The maximum atomic E-state index is 12.5. The van der Waals surface area contributed by atoms with Gasteiger partial charge < -0.3 is 0 Å². The van der Waals surface area contributed by atoms with Gasteiger partial charge in [-0.2, -0.15) is 0 Å². The Bertz CT molecular complexity index is 621. The van der Waals surface area contributed by atoms with Crippen LogP contribution in [0.2, 0.25) is 5.02 Å². The van der Waals surface area contributed by atoms with Crippen molar-refractivity contribution in [2.75, 3.05) is 5.48 Å². The van der Waals surface area contributed by atoms with Crippen LogP contribution in [-0.4, -0.2) is 16.0 Å². The minimum atomic E-state index is -0.246. The Morgan fingerprint density at radius 3 is 2.53 bits per heavy atom. The van der Waals surface area contributed by atoms with Crippen molar-refractivity contribution < 1.29 is 10.0 Å². The van der Waals surface area contributed by atoms with Crippen molar-refractivity contribution in [1.82, 2.24) is 4.98 Å². The van der Waals surface area contributed by atoms with E-state index < -0.39 is 0 Å². The number of pyridine rings is 1. The van der Waals surface area contributed by atoms with Crippen LogP contribution < -0.4 is 5.48 Å². The van der Waals surface area contributed by atoms with Crippen LogP contribution in [0.15, 0.2) is 30.5 Å². The van der Waals surface area contributed by atoms with Crippen LogP contribution in [0, 0.1) is 13.8 Å². The number of nitrogens with zero attached hydrogens (tertiary/aromatic N) is 1. The molecule has 1 aromatic carbocycles. The highest BCUT2D eigenvalue weighted by molar-refractivity contribution is 6.31. The summed E-state index contributed by atoms with van der Waals surface area (Å²) in [4.78, 5) is 16.5. The molecule has 0 fully saturated rings. The fraction of sp³-hybridized carbons (Fsp3) is 0.143. The summed E-state index contributed by atoms with van der Waals surface area (Å²) in [5, 5.41) is 9.42. The first-order valence-corrected chi connectivity index (χ1v) is 6.09. The standard InChI is InChI=1S/C14H13ClN2O2/c1-8-4-3-5-9(2)12(8)14(18)13-11(17-19)6-10(15)7-16-13/h3-7,17,19H,1-2H3. The van der Waals surface area contributed by atoms with Crippen molar-refractivity contribution in [2.45, 2.75) is 13.8 Å². The Labute approximate surface area is 116 Å². The topological polar surface area (TPSA) is 62.2 Å². The van der Waals surface area contributed by atoms with Crippen LogP contribution in [0.3, 0.4) is 0 Å². The van der Waals surface area contributed by atoms with Crippen molar-refractivity contribution in [2.24, 2.45) is 0 Å². The van der Waals surface area contributed by atoms with Gasteiger partial charge in [0, 0.05) is 11.8 Å². The van der Waals surface area contributed by atoms with E-state index >= 15 is 0 Å². The number of halogens is 1. The maximum absolute atomic E-state index is 12.5. The van der Waals surface area contributed by atoms with Crippen molar-refractivity contribution in [3.05, 3.63) is 57.9 Å². The number of aromatic nitrogens is 1. The van der Waals surface area contributed by atoms with Crippen LogP contribution in [0.25, 0.3) is 0 Å². The lowest BCUT2D eigenvalue weighted by molar-refractivity contribution is 0.103. The highest BCUT2D eigenvalue weighted by atomic mass is 35.5. The quantitative estimate of drug-likeness (QED) is 0.666. The van der Waals surface area contributed by atoms with Gasteiger partial charge >= 0.3 is 0 Å². The zero-order valence-electron chi connectivity index (χ0n) is 10.6. The molecule has 1 heterocycles. The first-order valence-electron chi connectivity index (χ1n) is 5.71. The van der Waals surface area contributed by atoms with Gasteiger partial charge in [0.05, 0.1) is 10.7 Å². The lowest BCUT2D eigenvalue weighted by atomic mass is 9.97. The number of carbonyl (C=O) groups is 1. The Hall–Kier alpha value is -1.91. The smallest absolute Gasteiger partial charge is 0.214 e. The molecule has 0 spiro atoms. The molecular weight excluding hydrogens is 264 g/mol.